The lowest BCUT2D eigenvalue weighted by molar-refractivity contribution is -0.141. The van der Waals surface area contributed by atoms with Gasteiger partial charge in [-0.3, -0.25) is 9.59 Å². The van der Waals surface area contributed by atoms with Crippen LogP contribution in [-0.4, -0.2) is 29.0 Å². The number of nitrogens with zero attached hydrogens (tertiary/aromatic N) is 1. The molecule has 6 heteroatoms. The van der Waals surface area contributed by atoms with Crippen LogP contribution in [0.4, 0.5) is 4.79 Å². The Morgan fingerprint density at radius 2 is 1.71 bits per heavy atom. The van der Waals surface area contributed by atoms with E-state index in [0.29, 0.717) is 0 Å². The lowest BCUT2D eigenvalue weighted by atomic mass is 10.2. The molecule has 3 aliphatic rings. The predicted octanol–water partition coefficient (Wildman–Crippen LogP) is 0.575. The number of hydrogen-bond acceptors (Lipinski definition) is 4. The Balaban J connectivity index is 1.49. The first-order valence-electron chi connectivity index (χ1n) is 5.96. The monoisotopic (exact) mass is 238 g/mol. The molecule has 6 nitrogen and oxygen atoms in total. The zero-order valence-electron chi connectivity index (χ0n) is 9.35. The number of hydrazine groups is 1. The lowest BCUT2D eigenvalue weighted by Gasteiger charge is -2.18. The van der Waals surface area contributed by atoms with Crippen LogP contribution in [0.5, 0.6) is 0 Å². The van der Waals surface area contributed by atoms with Crippen LogP contribution in [0.2, 0.25) is 0 Å². The summed E-state index contributed by atoms with van der Waals surface area (Å²) in [6, 6.07) is 0. The lowest BCUT2D eigenvalue weighted by Crippen LogP contribution is -2.46. The molecule has 3 rings (SSSR count). The number of nitrogens with one attached hydrogen (secondary N) is 1. The molecular formula is C11H14N2O4. The first kappa shape index (κ1) is 10.6. The first-order valence-corrected chi connectivity index (χ1v) is 5.96. The highest BCUT2D eigenvalue weighted by Gasteiger charge is 2.47. The zero-order chi connectivity index (χ0) is 12.0. The fourth-order valence-corrected chi connectivity index (χ4v) is 2.73. The van der Waals surface area contributed by atoms with Crippen LogP contribution in [0.15, 0.2) is 0 Å². The van der Waals surface area contributed by atoms with Crippen molar-refractivity contribution in [3.63, 3.8) is 0 Å². The molecule has 0 aromatic heterocycles. The van der Waals surface area contributed by atoms with Gasteiger partial charge in [0.25, 0.3) is 0 Å². The Hall–Kier alpha value is -1.59. The maximum atomic E-state index is 11.5. The molecular weight excluding hydrogens is 224 g/mol. The SMILES string of the molecule is O=C(NN1C(=O)CCC1=O)O[C@@H]1C[C@@H]2C[C@@H]2C1. The van der Waals surface area contributed by atoms with Gasteiger partial charge in [-0.15, -0.1) is 0 Å². The van der Waals surface area contributed by atoms with Crippen molar-refractivity contribution in [2.45, 2.75) is 38.2 Å². The molecule has 0 radical (unpaired) electrons. The Labute approximate surface area is 98.2 Å². The highest BCUT2D eigenvalue weighted by atomic mass is 16.6. The van der Waals surface area contributed by atoms with Crippen LogP contribution in [0.3, 0.4) is 0 Å². The molecule has 3 fully saturated rings. The minimum atomic E-state index is -0.695. The van der Waals surface area contributed by atoms with Crippen LogP contribution in [0, 0.1) is 11.8 Å². The van der Waals surface area contributed by atoms with Crippen molar-refractivity contribution in [3.05, 3.63) is 0 Å². The van der Waals surface area contributed by atoms with Gasteiger partial charge in [-0.2, -0.15) is 5.01 Å². The van der Waals surface area contributed by atoms with Gasteiger partial charge in [-0.05, 0) is 31.1 Å². The second kappa shape index (κ2) is 3.72. The number of carbonyl (C=O) groups is 3. The second-order valence-corrected chi connectivity index (χ2v) is 4.99. The van der Waals surface area contributed by atoms with Crippen LogP contribution in [0.1, 0.15) is 32.1 Å². The summed E-state index contributed by atoms with van der Waals surface area (Å²) in [5, 5.41) is 0.762. The Morgan fingerprint density at radius 3 is 2.29 bits per heavy atom. The molecule has 2 saturated carbocycles. The van der Waals surface area contributed by atoms with Gasteiger partial charge in [0.2, 0.25) is 11.8 Å². The molecule has 92 valence electrons. The van der Waals surface area contributed by atoms with E-state index in [0.717, 1.165) is 29.7 Å². The molecule has 0 aromatic rings. The third-order valence-electron chi connectivity index (χ3n) is 3.73. The number of ether oxygens (including phenoxy) is 1. The smallest absolute Gasteiger partial charge is 0.426 e. The number of rotatable bonds is 2. The summed E-state index contributed by atoms with van der Waals surface area (Å²) in [6.45, 7) is 0. The maximum absolute atomic E-state index is 11.5. The molecule has 1 aliphatic heterocycles. The van der Waals surface area contributed by atoms with Crippen LogP contribution in [0.25, 0.3) is 0 Å². The van der Waals surface area contributed by atoms with Gasteiger partial charge in [0, 0.05) is 12.8 Å². The van der Waals surface area contributed by atoms with Crippen molar-refractivity contribution in [2.75, 3.05) is 0 Å². The van der Waals surface area contributed by atoms with E-state index in [2.05, 4.69) is 5.43 Å². The molecule has 0 bridgehead atoms. The molecule has 17 heavy (non-hydrogen) atoms. The van der Waals surface area contributed by atoms with E-state index < -0.39 is 6.09 Å². The molecule has 2 aliphatic carbocycles. The zero-order valence-corrected chi connectivity index (χ0v) is 9.35. The number of imide groups is 1. The van der Waals surface area contributed by atoms with E-state index in [1.54, 1.807) is 0 Å². The molecule has 1 heterocycles. The summed E-state index contributed by atoms with van der Waals surface area (Å²) in [5.74, 6) is 0.702. The predicted molar refractivity (Wildman–Crippen MR) is 55.3 cm³/mol. The number of amides is 3. The van der Waals surface area contributed by atoms with Crippen molar-refractivity contribution < 1.29 is 19.1 Å². The van der Waals surface area contributed by atoms with Crippen molar-refractivity contribution in [3.8, 4) is 0 Å². The maximum Gasteiger partial charge on any atom is 0.426 e. The number of carbonyl (C=O) groups excluding carboxylic acids is 3. The first-order chi connectivity index (χ1) is 8.13. The normalized spacial score (nSPS) is 34.8. The van der Waals surface area contributed by atoms with Gasteiger partial charge in [0.1, 0.15) is 6.10 Å². The minimum Gasteiger partial charge on any atom is -0.445 e. The van der Waals surface area contributed by atoms with E-state index in [9.17, 15) is 14.4 Å². The van der Waals surface area contributed by atoms with Crippen molar-refractivity contribution in [1.29, 1.82) is 0 Å². The summed E-state index contributed by atoms with van der Waals surface area (Å²) in [7, 11) is 0. The molecule has 1 N–H and O–H groups in total. The van der Waals surface area contributed by atoms with Crippen molar-refractivity contribution in [2.24, 2.45) is 11.8 Å². The van der Waals surface area contributed by atoms with E-state index in [1.165, 1.54) is 6.42 Å². The quantitative estimate of drug-likeness (QED) is 0.714. The van der Waals surface area contributed by atoms with Gasteiger partial charge in [0.05, 0.1) is 0 Å². The van der Waals surface area contributed by atoms with Crippen molar-refractivity contribution in [1.82, 2.24) is 10.4 Å². The van der Waals surface area contributed by atoms with E-state index >= 15 is 0 Å². The van der Waals surface area contributed by atoms with E-state index in [-0.39, 0.29) is 30.8 Å². The topological polar surface area (TPSA) is 75.7 Å². The largest absolute Gasteiger partial charge is 0.445 e. The molecule has 3 amide bonds. The second-order valence-electron chi connectivity index (χ2n) is 4.99. The molecule has 3 atom stereocenters. The van der Waals surface area contributed by atoms with Crippen LogP contribution >= 0.6 is 0 Å². The summed E-state index contributed by atoms with van der Waals surface area (Å²) in [6.07, 6.45) is 2.66. The van der Waals surface area contributed by atoms with Crippen LogP contribution < -0.4 is 5.43 Å². The molecule has 1 saturated heterocycles. The fraction of sp³-hybridized carbons (Fsp3) is 0.727. The van der Waals surface area contributed by atoms with Gasteiger partial charge in [0.15, 0.2) is 0 Å². The summed E-state index contributed by atoms with van der Waals surface area (Å²) in [5.41, 5.74) is 2.21. The fourth-order valence-electron chi connectivity index (χ4n) is 2.73. The molecule has 0 spiro atoms. The van der Waals surface area contributed by atoms with E-state index in [1.807, 2.05) is 0 Å². The minimum absolute atomic E-state index is 0.0495. The Bertz CT molecular complexity index is 369. The Kier molecular flexibility index (Phi) is 2.31. The summed E-state index contributed by atoms with van der Waals surface area (Å²) in [4.78, 5) is 34.0. The summed E-state index contributed by atoms with van der Waals surface area (Å²) >= 11 is 0. The third-order valence-corrected chi connectivity index (χ3v) is 3.73. The average Bonchev–Trinajstić information content (AvgIpc) is 2.78. The average molecular weight is 238 g/mol. The van der Waals surface area contributed by atoms with E-state index in [4.69, 9.17) is 4.74 Å². The van der Waals surface area contributed by atoms with Gasteiger partial charge >= 0.3 is 6.09 Å². The highest BCUT2D eigenvalue weighted by molar-refractivity contribution is 6.02. The Morgan fingerprint density at radius 1 is 1.12 bits per heavy atom. The highest BCUT2D eigenvalue weighted by Crippen LogP contribution is 2.52. The van der Waals surface area contributed by atoms with Gasteiger partial charge in [-0.1, -0.05) is 0 Å². The van der Waals surface area contributed by atoms with Gasteiger partial charge in [-0.25, -0.2) is 10.2 Å². The third kappa shape index (κ3) is 1.99. The van der Waals surface area contributed by atoms with Crippen LogP contribution in [-0.2, 0) is 14.3 Å². The molecule has 0 aromatic carbocycles. The van der Waals surface area contributed by atoms with Crippen molar-refractivity contribution >= 4 is 17.9 Å². The number of fused-ring (bicyclic) bond motifs is 1. The summed E-state index contributed by atoms with van der Waals surface area (Å²) < 4.78 is 5.17. The number of hydrogen-bond donors (Lipinski definition) is 1. The standard InChI is InChI=1S/C11H14N2O4/c14-9-1-2-10(15)13(9)12-11(16)17-8-4-6-3-7(6)5-8/h6-8H,1-5H2,(H,12,16)/t6-,7+,8+. The molecule has 0 unspecified atom stereocenters. The van der Waals surface area contributed by atoms with Gasteiger partial charge < -0.3 is 4.74 Å².